The van der Waals surface area contributed by atoms with Gasteiger partial charge in [-0.15, -0.1) is 0 Å². The van der Waals surface area contributed by atoms with Gasteiger partial charge in [-0.05, 0) is 93.6 Å². The Morgan fingerprint density at radius 3 is 2.53 bits per heavy atom. The summed E-state index contributed by atoms with van der Waals surface area (Å²) < 4.78 is 18.5. The number of carbonyl (C=O) groups is 3. The number of halogens is 1. The Labute approximate surface area is 191 Å². The van der Waals surface area contributed by atoms with Gasteiger partial charge < -0.3 is 4.74 Å². The molecular formula is C27H37FO4. The number of Topliss-reactive ketones (excluding diaryl/α,β-unsaturated/α-hetero) is 1. The number of ether oxygens (including phenoxy) is 1. The van der Waals surface area contributed by atoms with Crippen LogP contribution in [0.2, 0.25) is 0 Å². The van der Waals surface area contributed by atoms with Crippen molar-refractivity contribution >= 4 is 17.5 Å². The highest BCUT2D eigenvalue weighted by Crippen LogP contribution is 2.67. The molecule has 2 fully saturated rings. The normalized spacial score (nSPS) is 40.5. The van der Waals surface area contributed by atoms with Crippen molar-refractivity contribution in [1.29, 1.82) is 0 Å². The lowest BCUT2D eigenvalue weighted by atomic mass is 9.47. The molecule has 0 aliphatic heterocycles. The fourth-order valence-electron chi connectivity index (χ4n) is 7.84. The molecule has 2 saturated carbocycles. The van der Waals surface area contributed by atoms with Crippen LogP contribution < -0.4 is 0 Å². The fraction of sp³-hybridized carbons (Fsp3) is 0.741. The number of unbranched alkanes of at least 4 members (excludes halogenated alkanes) is 1. The maximum absolute atomic E-state index is 13.0. The Balaban J connectivity index is 1.67. The van der Waals surface area contributed by atoms with Gasteiger partial charge in [-0.2, -0.15) is 0 Å². The molecule has 0 radical (unpaired) electrons. The molecule has 32 heavy (non-hydrogen) atoms. The van der Waals surface area contributed by atoms with Crippen molar-refractivity contribution in [2.24, 2.45) is 28.6 Å². The SMILES string of the molecule is CC(=O)[C@]1(OC(=O)CCCCF)CCC2C3C=C(C)C4=CC(=O)CC[C@]4(C)C3CC[C@@]21C. The molecule has 0 aromatic heterocycles. The van der Waals surface area contributed by atoms with Gasteiger partial charge >= 0.3 is 5.97 Å². The van der Waals surface area contributed by atoms with Crippen LogP contribution in [0.25, 0.3) is 0 Å². The minimum Gasteiger partial charge on any atom is -0.450 e. The Bertz CT molecular complexity index is 888. The third-order valence-corrected chi connectivity index (χ3v) is 9.57. The predicted octanol–water partition coefficient (Wildman–Crippen LogP) is 5.70. The molecule has 4 aliphatic rings. The van der Waals surface area contributed by atoms with Crippen LogP contribution in [0, 0.1) is 28.6 Å². The van der Waals surface area contributed by atoms with Crippen LogP contribution in [-0.2, 0) is 19.1 Å². The van der Waals surface area contributed by atoms with E-state index in [0.29, 0.717) is 37.5 Å². The highest BCUT2D eigenvalue weighted by Gasteiger charge is 2.67. The van der Waals surface area contributed by atoms with Crippen LogP contribution in [0.1, 0.15) is 85.5 Å². The first-order valence-electron chi connectivity index (χ1n) is 12.3. The number of fused-ring (bicyclic) bond motifs is 5. The average Bonchev–Trinajstić information content (AvgIpc) is 3.03. The highest BCUT2D eigenvalue weighted by molar-refractivity contribution is 5.92. The fourth-order valence-corrected chi connectivity index (χ4v) is 7.84. The number of rotatable bonds is 6. The van der Waals surface area contributed by atoms with E-state index < -0.39 is 17.7 Å². The Morgan fingerprint density at radius 1 is 1.12 bits per heavy atom. The first kappa shape index (κ1) is 23.4. The molecule has 0 aromatic rings. The Morgan fingerprint density at radius 2 is 1.84 bits per heavy atom. The molecule has 4 rings (SSSR count). The van der Waals surface area contributed by atoms with Crippen LogP contribution in [0.5, 0.6) is 0 Å². The van der Waals surface area contributed by atoms with E-state index >= 15 is 0 Å². The quantitative estimate of drug-likeness (QED) is 0.390. The molecule has 4 nitrogen and oxygen atoms in total. The largest absolute Gasteiger partial charge is 0.450 e. The van der Waals surface area contributed by atoms with E-state index in [1.54, 1.807) is 6.92 Å². The number of ketones is 2. The molecule has 0 heterocycles. The molecule has 0 N–H and O–H groups in total. The Kier molecular flexibility index (Phi) is 6.00. The summed E-state index contributed by atoms with van der Waals surface area (Å²) in [5.74, 6) is 0.791. The second kappa shape index (κ2) is 8.22. The van der Waals surface area contributed by atoms with Crippen molar-refractivity contribution < 1.29 is 23.5 Å². The van der Waals surface area contributed by atoms with E-state index in [4.69, 9.17) is 4.74 Å². The third kappa shape index (κ3) is 3.33. The maximum atomic E-state index is 13.0. The highest BCUT2D eigenvalue weighted by atomic mass is 19.1. The second-order valence-corrected chi connectivity index (χ2v) is 11.1. The van der Waals surface area contributed by atoms with Crippen molar-refractivity contribution in [2.45, 2.75) is 91.1 Å². The average molecular weight is 445 g/mol. The zero-order valence-electron chi connectivity index (χ0n) is 20.0. The van der Waals surface area contributed by atoms with E-state index in [-0.39, 0.29) is 35.3 Å². The number of hydrogen-bond donors (Lipinski definition) is 0. The summed E-state index contributed by atoms with van der Waals surface area (Å²) in [5.41, 5.74) is 0.887. The van der Waals surface area contributed by atoms with Gasteiger partial charge in [0.05, 0.1) is 6.67 Å². The number of alkyl halides is 1. The summed E-state index contributed by atoms with van der Waals surface area (Å²) in [4.78, 5) is 37.8. The van der Waals surface area contributed by atoms with Crippen LogP contribution in [0.15, 0.2) is 23.3 Å². The number of carbonyl (C=O) groups excluding carboxylic acids is 3. The molecule has 176 valence electrons. The Hall–Kier alpha value is -1.78. The molecule has 5 heteroatoms. The van der Waals surface area contributed by atoms with Gasteiger partial charge in [-0.25, -0.2) is 0 Å². The monoisotopic (exact) mass is 444 g/mol. The minimum atomic E-state index is -1.09. The predicted molar refractivity (Wildman–Crippen MR) is 121 cm³/mol. The van der Waals surface area contributed by atoms with E-state index in [0.717, 1.165) is 25.7 Å². The van der Waals surface area contributed by atoms with Crippen LogP contribution in [0.4, 0.5) is 4.39 Å². The van der Waals surface area contributed by atoms with E-state index in [2.05, 4.69) is 26.8 Å². The zero-order chi connectivity index (χ0) is 23.3. The minimum absolute atomic E-state index is 0.0107. The molecule has 0 amide bonds. The van der Waals surface area contributed by atoms with Crippen molar-refractivity contribution in [3.05, 3.63) is 23.3 Å². The van der Waals surface area contributed by atoms with Crippen LogP contribution >= 0.6 is 0 Å². The van der Waals surface area contributed by atoms with Gasteiger partial charge in [0.2, 0.25) is 0 Å². The molecule has 0 bridgehead atoms. The van der Waals surface area contributed by atoms with Gasteiger partial charge in [0.1, 0.15) is 0 Å². The van der Waals surface area contributed by atoms with Gasteiger partial charge in [-0.3, -0.25) is 18.8 Å². The van der Waals surface area contributed by atoms with E-state index in [1.165, 1.54) is 11.1 Å². The van der Waals surface area contributed by atoms with Gasteiger partial charge in [-0.1, -0.05) is 25.5 Å². The van der Waals surface area contributed by atoms with Gasteiger partial charge in [0.25, 0.3) is 0 Å². The lowest BCUT2D eigenvalue weighted by molar-refractivity contribution is -0.187. The summed E-state index contributed by atoms with van der Waals surface area (Å²) >= 11 is 0. The summed E-state index contributed by atoms with van der Waals surface area (Å²) in [6, 6.07) is 0. The molecule has 4 aliphatic carbocycles. The summed E-state index contributed by atoms with van der Waals surface area (Å²) in [6.45, 7) is 7.70. The summed E-state index contributed by atoms with van der Waals surface area (Å²) in [5, 5.41) is 0. The van der Waals surface area contributed by atoms with Crippen molar-refractivity contribution in [1.82, 2.24) is 0 Å². The van der Waals surface area contributed by atoms with E-state index in [1.807, 2.05) is 6.08 Å². The van der Waals surface area contributed by atoms with Crippen molar-refractivity contribution in [2.75, 3.05) is 6.67 Å². The molecule has 0 spiro atoms. The first-order valence-corrected chi connectivity index (χ1v) is 12.3. The lowest BCUT2D eigenvalue weighted by Crippen LogP contribution is -2.58. The van der Waals surface area contributed by atoms with E-state index in [9.17, 15) is 18.8 Å². The van der Waals surface area contributed by atoms with Gasteiger partial charge in [0.15, 0.2) is 17.2 Å². The van der Waals surface area contributed by atoms with Crippen molar-refractivity contribution in [3.8, 4) is 0 Å². The standard InChI is InChI=1S/C27H37FO4/c1-17-15-20-21(25(3)11-8-19(30)16-23(17)25)9-12-26(4)22(20)10-13-27(26,18(2)29)32-24(31)7-5-6-14-28/h15-16,20-22H,5-14H2,1-4H3/t20?,21?,22?,25-,26+,27-/m1/s1. The topological polar surface area (TPSA) is 60.4 Å². The second-order valence-electron chi connectivity index (χ2n) is 11.1. The molecule has 6 atom stereocenters. The smallest absolute Gasteiger partial charge is 0.306 e. The van der Waals surface area contributed by atoms with Crippen molar-refractivity contribution in [3.63, 3.8) is 0 Å². The summed E-state index contributed by atoms with van der Waals surface area (Å²) in [7, 11) is 0. The molecule has 0 aromatic carbocycles. The maximum Gasteiger partial charge on any atom is 0.306 e. The molecular weight excluding hydrogens is 407 g/mol. The third-order valence-electron chi connectivity index (χ3n) is 9.57. The van der Waals surface area contributed by atoms with Crippen LogP contribution in [0.3, 0.4) is 0 Å². The zero-order valence-corrected chi connectivity index (χ0v) is 20.0. The number of hydrogen-bond acceptors (Lipinski definition) is 4. The lowest BCUT2D eigenvalue weighted by Gasteiger charge is -2.58. The molecule has 3 unspecified atom stereocenters. The number of allylic oxidation sites excluding steroid dienone is 4. The molecule has 0 saturated heterocycles. The van der Waals surface area contributed by atoms with Gasteiger partial charge in [0, 0.05) is 18.3 Å². The number of esters is 1. The first-order chi connectivity index (χ1) is 15.1. The van der Waals surface area contributed by atoms with Crippen LogP contribution in [-0.4, -0.2) is 29.8 Å². The summed E-state index contributed by atoms with van der Waals surface area (Å²) in [6.07, 6.45) is 9.85.